The van der Waals surface area contributed by atoms with Crippen LogP contribution in [0.5, 0.6) is 5.75 Å². The lowest BCUT2D eigenvalue weighted by molar-refractivity contribution is 0.229. The number of aryl methyl sites for hydroxylation is 1. The molecule has 1 aromatic carbocycles. The predicted octanol–water partition coefficient (Wildman–Crippen LogP) is 3.71. The Balaban J connectivity index is 0.00000364. The zero-order valence-electron chi connectivity index (χ0n) is 16.0. The Bertz CT molecular complexity index is 709. The highest BCUT2D eigenvalue weighted by molar-refractivity contribution is 14.0. The van der Waals surface area contributed by atoms with Crippen molar-refractivity contribution in [1.29, 1.82) is 0 Å². The molecule has 0 spiro atoms. The van der Waals surface area contributed by atoms with E-state index < -0.39 is 0 Å². The molecule has 5 nitrogen and oxygen atoms in total. The van der Waals surface area contributed by atoms with Gasteiger partial charge in [-0.25, -0.2) is 9.38 Å². The van der Waals surface area contributed by atoms with Crippen LogP contribution in [-0.2, 0) is 6.42 Å². The van der Waals surface area contributed by atoms with Crippen molar-refractivity contribution in [2.24, 2.45) is 4.99 Å². The minimum absolute atomic E-state index is 0. The number of aromatic nitrogens is 1. The van der Waals surface area contributed by atoms with Gasteiger partial charge in [0.25, 0.3) is 0 Å². The van der Waals surface area contributed by atoms with E-state index in [1.54, 1.807) is 12.1 Å². The maximum atomic E-state index is 13.2. The van der Waals surface area contributed by atoms with Crippen molar-refractivity contribution >= 4 is 29.9 Å². The molecule has 2 rings (SSSR count). The summed E-state index contributed by atoms with van der Waals surface area (Å²) < 4.78 is 18.9. The number of nitrogens with zero attached hydrogens (tertiary/aromatic N) is 2. The Morgan fingerprint density at radius 1 is 1.26 bits per heavy atom. The van der Waals surface area contributed by atoms with E-state index in [1.165, 1.54) is 17.7 Å². The molecule has 1 aromatic heterocycles. The van der Waals surface area contributed by atoms with Gasteiger partial charge in [-0.3, -0.25) is 4.98 Å². The molecule has 0 fully saturated rings. The van der Waals surface area contributed by atoms with Gasteiger partial charge in [-0.1, -0.05) is 12.1 Å². The topological polar surface area (TPSA) is 58.5 Å². The fourth-order valence-electron chi connectivity index (χ4n) is 2.34. The number of halogens is 2. The second-order valence-corrected chi connectivity index (χ2v) is 6.09. The van der Waals surface area contributed by atoms with Crippen molar-refractivity contribution in [3.63, 3.8) is 0 Å². The fraction of sp³-hybridized carbons (Fsp3) is 0.400. The summed E-state index contributed by atoms with van der Waals surface area (Å²) in [5.41, 5.74) is 2.20. The van der Waals surface area contributed by atoms with Gasteiger partial charge in [0.1, 0.15) is 17.7 Å². The molecule has 0 aliphatic rings. The summed E-state index contributed by atoms with van der Waals surface area (Å²) >= 11 is 0. The summed E-state index contributed by atoms with van der Waals surface area (Å²) in [6, 6.07) is 10.2. The molecule has 1 unspecified atom stereocenters. The number of hydrogen-bond acceptors (Lipinski definition) is 3. The second kappa shape index (κ2) is 12.5. The van der Waals surface area contributed by atoms with Crippen molar-refractivity contribution in [3.8, 4) is 5.75 Å². The van der Waals surface area contributed by atoms with Gasteiger partial charge < -0.3 is 15.4 Å². The van der Waals surface area contributed by atoms with Gasteiger partial charge in [-0.05, 0) is 51.0 Å². The van der Waals surface area contributed by atoms with Gasteiger partial charge >= 0.3 is 0 Å². The first-order valence-corrected chi connectivity index (χ1v) is 8.92. The zero-order chi connectivity index (χ0) is 18.8. The predicted molar refractivity (Wildman–Crippen MR) is 119 cm³/mol. The highest BCUT2D eigenvalue weighted by Crippen LogP contribution is 2.13. The lowest BCUT2D eigenvalue weighted by atomic mass is 10.2. The molecule has 2 aromatic rings. The average molecular weight is 486 g/mol. The van der Waals surface area contributed by atoms with E-state index in [-0.39, 0.29) is 35.9 Å². The van der Waals surface area contributed by atoms with Crippen molar-refractivity contribution in [3.05, 3.63) is 59.7 Å². The maximum Gasteiger partial charge on any atom is 0.191 e. The molecule has 0 amide bonds. The van der Waals surface area contributed by atoms with Crippen LogP contribution in [-0.4, -0.2) is 36.7 Å². The lowest BCUT2D eigenvalue weighted by Gasteiger charge is -2.15. The number of guanidine groups is 1. The van der Waals surface area contributed by atoms with E-state index in [4.69, 9.17) is 4.74 Å². The molecule has 1 atom stereocenters. The van der Waals surface area contributed by atoms with E-state index in [1.807, 2.05) is 33.0 Å². The van der Waals surface area contributed by atoms with E-state index in [9.17, 15) is 4.39 Å². The van der Waals surface area contributed by atoms with Crippen LogP contribution in [0.4, 0.5) is 4.39 Å². The van der Waals surface area contributed by atoms with Crippen LogP contribution >= 0.6 is 24.0 Å². The third-order valence-corrected chi connectivity index (χ3v) is 3.66. The molecule has 27 heavy (non-hydrogen) atoms. The molecule has 0 saturated carbocycles. The standard InChI is InChI=1S/C20H27FN4O.HI/c1-4-22-20(23-11-10-17-9-8-15(2)24-14-17)25-13-16(3)26-19-7-5-6-18(21)12-19;/h5-9,12,14,16H,4,10-11,13H2,1-3H3,(H2,22,23,25);1H. The molecule has 0 aliphatic heterocycles. The highest BCUT2D eigenvalue weighted by atomic mass is 127. The van der Waals surface area contributed by atoms with E-state index in [0.717, 1.165) is 31.2 Å². The summed E-state index contributed by atoms with van der Waals surface area (Å²) in [7, 11) is 0. The smallest absolute Gasteiger partial charge is 0.191 e. The number of nitrogens with one attached hydrogen (secondary N) is 2. The van der Waals surface area contributed by atoms with Crippen LogP contribution in [0.1, 0.15) is 25.1 Å². The van der Waals surface area contributed by atoms with Crippen molar-refractivity contribution in [1.82, 2.24) is 15.6 Å². The van der Waals surface area contributed by atoms with Gasteiger partial charge in [-0.15, -0.1) is 24.0 Å². The van der Waals surface area contributed by atoms with Gasteiger partial charge in [0, 0.05) is 31.0 Å². The van der Waals surface area contributed by atoms with E-state index in [2.05, 4.69) is 26.7 Å². The Hall–Kier alpha value is -1.90. The Kier molecular flexibility index (Phi) is 10.7. The van der Waals surface area contributed by atoms with Gasteiger partial charge in [-0.2, -0.15) is 0 Å². The first-order valence-electron chi connectivity index (χ1n) is 8.92. The van der Waals surface area contributed by atoms with Gasteiger partial charge in [0.15, 0.2) is 5.96 Å². The first kappa shape index (κ1) is 23.1. The normalized spacial score (nSPS) is 12.1. The van der Waals surface area contributed by atoms with Crippen LogP contribution in [0.15, 0.2) is 47.6 Å². The minimum Gasteiger partial charge on any atom is -0.489 e. The first-order chi connectivity index (χ1) is 12.6. The number of pyridine rings is 1. The third kappa shape index (κ3) is 9.03. The monoisotopic (exact) mass is 486 g/mol. The van der Waals surface area contributed by atoms with Crippen LogP contribution in [0.25, 0.3) is 0 Å². The second-order valence-electron chi connectivity index (χ2n) is 6.09. The molecular formula is C20H28FIN4O. The molecule has 0 bridgehead atoms. The quantitative estimate of drug-likeness (QED) is 0.340. The van der Waals surface area contributed by atoms with E-state index in [0.29, 0.717) is 12.3 Å². The van der Waals surface area contributed by atoms with Crippen molar-refractivity contribution in [2.75, 3.05) is 19.6 Å². The molecular weight excluding hydrogens is 458 g/mol. The molecule has 7 heteroatoms. The van der Waals surface area contributed by atoms with E-state index >= 15 is 0 Å². The summed E-state index contributed by atoms with van der Waals surface area (Å²) in [4.78, 5) is 8.84. The SMILES string of the molecule is CCNC(=NCC(C)Oc1cccc(F)c1)NCCc1ccc(C)nc1.I. The Morgan fingerprint density at radius 3 is 2.74 bits per heavy atom. The van der Waals surface area contributed by atoms with Crippen LogP contribution in [0.3, 0.4) is 0 Å². The van der Waals surface area contributed by atoms with Gasteiger partial charge in [0.05, 0.1) is 6.54 Å². The van der Waals surface area contributed by atoms with Crippen LogP contribution in [0.2, 0.25) is 0 Å². The van der Waals surface area contributed by atoms with Crippen molar-refractivity contribution < 1.29 is 9.13 Å². The summed E-state index contributed by atoms with van der Waals surface area (Å²) in [6.07, 6.45) is 2.61. The van der Waals surface area contributed by atoms with Crippen molar-refractivity contribution in [2.45, 2.75) is 33.3 Å². The molecule has 0 aliphatic carbocycles. The largest absolute Gasteiger partial charge is 0.489 e. The fourth-order valence-corrected chi connectivity index (χ4v) is 2.34. The minimum atomic E-state index is -0.307. The number of ether oxygens (including phenoxy) is 1. The van der Waals surface area contributed by atoms with Crippen LogP contribution < -0.4 is 15.4 Å². The molecule has 0 saturated heterocycles. The van der Waals surface area contributed by atoms with Gasteiger partial charge in [0.2, 0.25) is 0 Å². The number of benzene rings is 1. The Labute approximate surface area is 177 Å². The Morgan fingerprint density at radius 2 is 2.07 bits per heavy atom. The number of aliphatic imine (C=N–C) groups is 1. The molecule has 1 heterocycles. The molecule has 0 radical (unpaired) electrons. The average Bonchev–Trinajstić information content (AvgIpc) is 2.61. The molecule has 148 valence electrons. The zero-order valence-corrected chi connectivity index (χ0v) is 18.4. The third-order valence-electron chi connectivity index (χ3n) is 3.66. The van der Waals surface area contributed by atoms with Crippen LogP contribution in [0, 0.1) is 12.7 Å². The maximum absolute atomic E-state index is 13.2. The summed E-state index contributed by atoms with van der Waals surface area (Å²) in [6.45, 7) is 7.92. The highest BCUT2D eigenvalue weighted by Gasteiger charge is 2.05. The summed E-state index contributed by atoms with van der Waals surface area (Å²) in [5.74, 6) is 0.943. The lowest BCUT2D eigenvalue weighted by Crippen LogP contribution is -2.39. The number of hydrogen-bond donors (Lipinski definition) is 2. The molecule has 2 N–H and O–H groups in total. The summed E-state index contributed by atoms with van der Waals surface area (Å²) in [5, 5.41) is 6.52. The number of rotatable bonds is 8.